The van der Waals surface area contributed by atoms with Crippen molar-refractivity contribution in [3.05, 3.63) is 0 Å². The standard InChI is InChI=1S/C19H36N2O4/c1-9-14(5)13-19(10-2,21-20-18(6,7)8)15(16(22)24-11-3)17(23)25-12-4/h14-15H,9-13H2,1-8H3/b21-20+. The zero-order valence-electron chi connectivity index (χ0n) is 17.2. The lowest BCUT2D eigenvalue weighted by Crippen LogP contribution is -2.48. The van der Waals surface area contributed by atoms with Crippen molar-refractivity contribution in [2.45, 2.75) is 85.7 Å². The van der Waals surface area contributed by atoms with Gasteiger partial charge in [0.05, 0.1) is 18.8 Å². The second kappa shape index (κ2) is 10.5. The van der Waals surface area contributed by atoms with Crippen LogP contribution in [-0.4, -0.2) is 36.2 Å². The van der Waals surface area contributed by atoms with Crippen molar-refractivity contribution in [3.63, 3.8) is 0 Å². The van der Waals surface area contributed by atoms with Crippen molar-refractivity contribution in [1.82, 2.24) is 0 Å². The summed E-state index contributed by atoms with van der Waals surface area (Å²) >= 11 is 0. The van der Waals surface area contributed by atoms with Crippen LogP contribution in [0.25, 0.3) is 0 Å². The Hall–Kier alpha value is -1.46. The van der Waals surface area contributed by atoms with Crippen LogP contribution in [0.5, 0.6) is 0 Å². The molecule has 0 saturated carbocycles. The van der Waals surface area contributed by atoms with Gasteiger partial charge in [0.15, 0.2) is 5.92 Å². The molecule has 2 atom stereocenters. The van der Waals surface area contributed by atoms with Crippen molar-refractivity contribution in [3.8, 4) is 0 Å². The Morgan fingerprint density at radius 1 is 0.920 bits per heavy atom. The van der Waals surface area contributed by atoms with Crippen molar-refractivity contribution in [2.75, 3.05) is 13.2 Å². The first-order valence-corrected chi connectivity index (χ1v) is 9.34. The van der Waals surface area contributed by atoms with Crippen LogP contribution in [0.4, 0.5) is 0 Å². The van der Waals surface area contributed by atoms with Crippen LogP contribution >= 0.6 is 0 Å². The minimum absolute atomic E-state index is 0.203. The molecule has 0 N–H and O–H groups in total. The fourth-order valence-electron chi connectivity index (χ4n) is 2.62. The monoisotopic (exact) mass is 356 g/mol. The van der Waals surface area contributed by atoms with Crippen molar-refractivity contribution in [1.29, 1.82) is 0 Å². The molecule has 0 aliphatic carbocycles. The van der Waals surface area contributed by atoms with Gasteiger partial charge in [-0.05, 0) is 53.4 Å². The predicted molar refractivity (Wildman–Crippen MR) is 98.5 cm³/mol. The summed E-state index contributed by atoms with van der Waals surface area (Å²) in [6, 6.07) is 0. The van der Waals surface area contributed by atoms with E-state index in [4.69, 9.17) is 9.47 Å². The predicted octanol–water partition coefficient (Wildman–Crippen LogP) is 4.56. The fraction of sp³-hybridized carbons (Fsp3) is 0.895. The smallest absolute Gasteiger partial charge is 0.322 e. The molecule has 6 nitrogen and oxygen atoms in total. The number of azo groups is 1. The summed E-state index contributed by atoms with van der Waals surface area (Å²) in [7, 11) is 0. The van der Waals surface area contributed by atoms with Crippen LogP contribution in [0, 0.1) is 11.8 Å². The first-order valence-electron chi connectivity index (χ1n) is 9.34. The van der Waals surface area contributed by atoms with E-state index in [1.54, 1.807) is 13.8 Å². The van der Waals surface area contributed by atoms with Crippen LogP contribution in [0.15, 0.2) is 10.2 Å². The van der Waals surface area contributed by atoms with Gasteiger partial charge < -0.3 is 9.47 Å². The third-order valence-corrected chi connectivity index (χ3v) is 4.14. The van der Waals surface area contributed by atoms with E-state index in [1.165, 1.54) is 0 Å². The molecule has 0 spiro atoms. The number of hydrogen-bond acceptors (Lipinski definition) is 6. The summed E-state index contributed by atoms with van der Waals surface area (Å²) in [5.41, 5.74) is -1.36. The second-order valence-corrected chi connectivity index (χ2v) is 7.48. The molecule has 0 fully saturated rings. The van der Waals surface area contributed by atoms with E-state index < -0.39 is 28.9 Å². The molecule has 0 aromatic heterocycles. The quantitative estimate of drug-likeness (QED) is 0.326. The van der Waals surface area contributed by atoms with E-state index in [0.717, 1.165) is 6.42 Å². The van der Waals surface area contributed by atoms with Gasteiger partial charge in [-0.15, -0.1) is 0 Å². The van der Waals surface area contributed by atoms with E-state index in [-0.39, 0.29) is 19.1 Å². The molecule has 0 radical (unpaired) electrons. The fourth-order valence-corrected chi connectivity index (χ4v) is 2.62. The van der Waals surface area contributed by atoms with Gasteiger partial charge >= 0.3 is 11.9 Å². The number of nitrogens with zero attached hydrogens (tertiary/aromatic N) is 2. The first kappa shape index (κ1) is 23.5. The van der Waals surface area contributed by atoms with E-state index in [2.05, 4.69) is 24.1 Å². The zero-order chi connectivity index (χ0) is 19.7. The molecule has 0 aromatic carbocycles. The van der Waals surface area contributed by atoms with E-state index in [1.807, 2.05) is 27.7 Å². The van der Waals surface area contributed by atoms with Crippen molar-refractivity contribution in [2.24, 2.45) is 22.1 Å². The van der Waals surface area contributed by atoms with Gasteiger partial charge in [0.1, 0.15) is 5.54 Å². The maximum atomic E-state index is 12.6. The molecular weight excluding hydrogens is 320 g/mol. The molecule has 0 heterocycles. The summed E-state index contributed by atoms with van der Waals surface area (Å²) in [5, 5.41) is 8.97. The molecule has 0 aliphatic heterocycles. The minimum Gasteiger partial charge on any atom is -0.465 e. The number of carbonyl (C=O) groups is 2. The summed E-state index contributed by atoms with van der Waals surface area (Å²) in [4.78, 5) is 25.3. The van der Waals surface area contributed by atoms with E-state index in [9.17, 15) is 9.59 Å². The molecule has 6 heteroatoms. The zero-order valence-corrected chi connectivity index (χ0v) is 17.2. The lowest BCUT2D eigenvalue weighted by molar-refractivity contribution is -0.166. The normalized spacial score (nSPS) is 15.9. The van der Waals surface area contributed by atoms with Crippen LogP contribution in [0.1, 0.15) is 74.7 Å². The van der Waals surface area contributed by atoms with Gasteiger partial charge in [-0.2, -0.15) is 10.2 Å². The summed E-state index contributed by atoms with van der Waals surface area (Å²) in [6.07, 6.45) is 1.99. The Labute approximate surface area is 152 Å². The molecule has 0 rings (SSSR count). The molecule has 0 amide bonds. The topological polar surface area (TPSA) is 77.3 Å². The summed E-state index contributed by atoms with van der Waals surface area (Å²) < 4.78 is 10.4. The van der Waals surface area contributed by atoms with E-state index >= 15 is 0 Å². The number of ether oxygens (including phenoxy) is 2. The van der Waals surface area contributed by atoms with Gasteiger partial charge in [-0.3, -0.25) is 9.59 Å². The number of hydrogen-bond donors (Lipinski definition) is 0. The number of esters is 2. The van der Waals surface area contributed by atoms with Gasteiger partial charge in [-0.25, -0.2) is 0 Å². The Morgan fingerprint density at radius 2 is 1.40 bits per heavy atom. The molecule has 0 bridgehead atoms. The minimum atomic E-state index is -1.10. The summed E-state index contributed by atoms with van der Waals surface area (Å²) in [6.45, 7) is 15.7. The number of rotatable bonds is 10. The van der Waals surface area contributed by atoms with E-state index in [0.29, 0.717) is 12.8 Å². The van der Waals surface area contributed by atoms with Crippen LogP contribution < -0.4 is 0 Å². The van der Waals surface area contributed by atoms with Crippen LogP contribution in [0.2, 0.25) is 0 Å². The highest BCUT2D eigenvalue weighted by molar-refractivity contribution is 5.96. The largest absolute Gasteiger partial charge is 0.465 e. The third-order valence-electron chi connectivity index (χ3n) is 4.14. The molecule has 2 unspecified atom stereocenters. The lowest BCUT2D eigenvalue weighted by Gasteiger charge is -2.35. The van der Waals surface area contributed by atoms with Gasteiger partial charge in [-0.1, -0.05) is 27.2 Å². The van der Waals surface area contributed by atoms with Gasteiger partial charge in [0, 0.05) is 0 Å². The maximum Gasteiger partial charge on any atom is 0.322 e. The first-order chi connectivity index (χ1) is 11.6. The number of carbonyl (C=O) groups excluding carboxylic acids is 2. The van der Waals surface area contributed by atoms with Gasteiger partial charge in [0.25, 0.3) is 0 Å². The van der Waals surface area contributed by atoms with Crippen molar-refractivity contribution < 1.29 is 19.1 Å². The second-order valence-electron chi connectivity index (χ2n) is 7.48. The molecular formula is C19H36N2O4. The molecule has 0 aromatic rings. The highest BCUT2D eigenvalue weighted by Crippen LogP contribution is 2.37. The van der Waals surface area contributed by atoms with Crippen molar-refractivity contribution >= 4 is 11.9 Å². The molecule has 0 saturated heterocycles. The maximum absolute atomic E-state index is 12.6. The Morgan fingerprint density at radius 3 is 1.72 bits per heavy atom. The Kier molecular flexibility index (Phi) is 9.90. The average molecular weight is 357 g/mol. The highest BCUT2D eigenvalue weighted by atomic mass is 16.6. The SMILES string of the molecule is CCOC(=O)C(C(=O)OCC)C(CC)(CC(C)CC)/N=N/C(C)(C)C. The molecule has 146 valence electrons. The van der Waals surface area contributed by atoms with Crippen LogP contribution in [0.3, 0.4) is 0 Å². The Bertz CT molecular complexity index is 439. The molecule has 0 aliphatic rings. The Balaban J connectivity index is 6.14. The highest BCUT2D eigenvalue weighted by Gasteiger charge is 2.50. The van der Waals surface area contributed by atoms with Gasteiger partial charge in [0.2, 0.25) is 0 Å². The summed E-state index contributed by atoms with van der Waals surface area (Å²) in [5.74, 6) is -1.99. The average Bonchev–Trinajstić information content (AvgIpc) is 2.52. The third kappa shape index (κ3) is 7.53. The lowest BCUT2D eigenvalue weighted by atomic mass is 9.75. The molecule has 25 heavy (non-hydrogen) atoms. The van der Waals surface area contributed by atoms with Crippen LogP contribution in [-0.2, 0) is 19.1 Å².